The number of fused-ring (bicyclic) bond motifs is 1. The highest BCUT2D eigenvalue weighted by Crippen LogP contribution is 2.41. The van der Waals surface area contributed by atoms with Crippen molar-refractivity contribution in [2.45, 2.75) is 90.4 Å². The minimum atomic E-state index is -2.24. The van der Waals surface area contributed by atoms with E-state index in [-0.39, 0.29) is 22.6 Å². The van der Waals surface area contributed by atoms with Gasteiger partial charge in [0.2, 0.25) is 5.56 Å². The molecule has 11 nitrogen and oxygen atoms in total. The van der Waals surface area contributed by atoms with E-state index in [9.17, 15) is 14.4 Å². The van der Waals surface area contributed by atoms with Crippen molar-refractivity contribution in [3.8, 4) is 16.9 Å². The highest BCUT2D eigenvalue weighted by atomic mass is 28.4. The number of aromatic nitrogens is 1. The fourth-order valence-electron chi connectivity index (χ4n) is 7.18. The Morgan fingerprint density at radius 3 is 2.14 bits per heavy atom. The highest BCUT2D eigenvalue weighted by molar-refractivity contribution is 6.74. The molecule has 1 atom stereocenters. The lowest BCUT2D eigenvalue weighted by molar-refractivity contribution is 0.0427. The number of H-pyrrole nitrogens is 1. The van der Waals surface area contributed by atoms with Crippen molar-refractivity contribution in [3.05, 3.63) is 166 Å². The van der Waals surface area contributed by atoms with E-state index in [1.54, 1.807) is 6.07 Å². The van der Waals surface area contributed by atoms with Crippen LogP contribution in [0.1, 0.15) is 80.6 Å². The van der Waals surface area contributed by atoms with E-state index in [0.29, 0.717) is 68.3 Å². The van der Waals surface area contributed by atoms with E-state index in [1.165, 1.54) is 0 Å². The number of hydrogen-bond acceptors (Lipinski definition) is 8. The number of aromatic amines is 1. The van der Waals surface area contributed by atoms with E-state index in [1.807, 2.05) is 135 Å². The van der Waals surface area contributed by atoms with E-state index in [2.05, 4.69) is 66.2 Å². The molecule has 0 aliphatic heterocycles. The van der Waals surface area contributed by atoms with Gasteiger partial charge in [-0.2, -0.15) is 0 Å². The van der Waals surface area contributed by atoms with Gasteiger partial charge in [0.25, 0.3) is 5.91 Å². The lowest BCUT2D eigenvalue weighted by atomic mass is 10.0. The lowest BCUT2D eigenvalue weighted by Gasteiger charge is -2.39. The summed E-state index contributed by atoms with van der Waals surface area (Å²) in [6.45, 7) is 18.3. The van der Waals surface area contributed by atoms with Gasteiger partial charge in [-0.25, -0.2) is 4.79 Å². The molecule has 0 saturated carbocycles. The van der Waals surface area contributed by atoms with Gasteiger partial charge >= 0.3 is 6.09 Å². The summed E-state index contributed by atoms with van der Waals surface area (Å²) in [6, 6.07) is 42.6. The third-order valence-electron chi connectivity index (χ3n) is 11.9. The number of hydrogen-bond donors (Lipinski definition) is 5. The van der Waals surface area contributed by atoms with Crippen LogP contribution in [0.2, 0.25) is 18.1 Å². The van der Waals surface area contributed by atoms with Crippen LogP contribution in [0.4, 0.5) is 10.5 Å². The molecule has 1 unspecified atom stereocenters. The van der Waals surface area contributed by atoms with Crippen molar-refractivity contribution >= 4 is 36.9 Å². The summed E-state index contributed by atoms with van der Waals surface area (Å²) in [4.78, 5) is 41.5. The molecule has 0 aliphatic carbocycles. The first-order chi connectivity index (χ1) is 31.1. The topological polar surface area (TPSA) is 143 Å². The molecule has 5 N–H and O–H groups in total. The Morgan fingerprint density at radius 2 is 1.42 bits per heavy atom. The number of amides is 2. The summed E-state index contributed by atoms with van der Waals surface area (Å²) in [6.07, 6.45) is 0.574. The monoisotopic (exact) mass is 895 g/mol. The van der Waals surface area contributed by atoms with Crippen LogP contribution < -0.4 is 31.6 Å². The number of benzene rings is 5. The van der Waals surface area contributed by atoms with Crippen molar-refractivity contribution in [1.82, 2.24) is 20.9 Å². The average Bonchev–Trinajstić information content (AvgIpc) is 3.28. The van der Waals surface area contributed by atoms with Crippen LogP contribution in [0, 0.1) is 0 Å². The molecule has 12 heteroatoms. The fraction of sp³-hybridized carbons (Fsp3) is 0.340. The van der Waals surface area contributed by atoms with Crippen LogP contribution in [-0.2, 0) is 22.3 Å². The fourth-order valence-corrected chi connectivity index (χ4v) is 8.46. The predicted molar refractivity (Wildman–Crippen MR) is 265 cm³/mol. The molecule has 1 aromatic heterocycles. The zero-order chi connectivity index (χ0) is 46.5. The standard InChI is InChI=1S/C53H65N5O6Si/c1-52(2,3)65(6,7)64-47(43-27-29-46(49-44(43)28-30-48(59)58-49)62-37-39-17-10-8-11-18-39)36-55-35-38-23-25-41(26-24-38)50(60)56-33-16-32-54-34-31-53(4,5)63-51(61)57-45-22-15-14-21-42(45)40-19-12-9-13-20-40/h8-15,17-30,47,54-55H,16,31-37H2,1-7H3,(H,56,60)(H,57,61)(H,58,59). The van der Waals surface area contributed by atoms with Gasteiger partial charge in [-0.15, -0.1) is 0 Å². The number of rotatable bonds is 21. The van der Waals surface area contributed by atoms with E-state index < -0.39 is 20.0 Å². The largest absolute Gasteiger partial charge is 0.487 e. The van der Waals surface area contributed by atoms with Gasteiger partial charge < -0.3 is 34.8 Å². The Morgan fingerprint density at radius 1 is 0.723 bits per heavy atom. The first-order valence-electron chi connectivity index (χ1n) is 22.5. The molecular formula is C53H65N5O6Si. The Kier molecular flexibility index (Phi) is 16.6. The second kappa shape index (κ2) is 22.2. The number of nitrogens with one attached hydrogen (secondary N) is 5. The molecule has 342 valence electrons. The van der Waals surface area contributed by atoms with Gasteiger partial charge in [0.15, 0.2) is 8.32 Å². The lowest BCUT2D eigenvalue weighted by Crippen LogP contribution is -2.43. The SMILES string of the molecule is CC(C)(CCNCCCNC(=O)c1ccc(CNCC(O[Si](C)(C)C(C)(C)C)c2ccc(OCc3ccccc3)c3[nH]c(=O)ccc23)cc1)OC(=O)Nc1ccccc1-c1ccccc1. The summed E-state index contributed by atoms with van der Waals surface area (Å²) in [7, 11) is -2.24. The first-order valence-corrected chi connectivity index (χ1v) is 25.4. The van der Waals surface area contributed by atoms with Crippen LogP contribution >= 0.6 is 0 Å². The highest BCUT2D eigenvalue weighted by Gasteiger charge is 2.40. The van der Waals surface area contributed by atoms with E-state index >= 15 is 0 Å². The van der Waals surface area contributed by atoms with Gasteiger partial charge in [0, 0.05) is 42.2 Å². The first kappa shape index (κ1) is 48.4. The summed E-state index contributed by atoms with van der Waals surface area (Å²) >= 11 is 0. The maximum absolute atomic E-state index is 13.0. The number of carbonyl (C=O) groups excluding carboxylic acids is 2. The molecule has 0 spiro atoms. The summed E-state index contributed by atoms with van der Waals surface area (Å²) in [5.74, 6) is 0.486. The molecule has 5 aromatic carbocycles. The van der Waals surface area contributed by atoms with Crippen molar-refractivity contribution in [2.24, 2.45) is 0 Å². The maximum atomic E-state index is 13.0. The molecule has 0 fully saturated rings. The Labute approximate surface area is 384 Å². The summed E-state index contributed by atoms with van der Waals surface area (Å²) < 4.78 is 19.1. The van der Waals surface area contributed by atoms with E-state index in [4.69, 9.17) is 13.9 Å². The van der Waals surface area contributed by atoms with Crippen LogP contribution in [0.25, 0.3) is 22.0 Å². The second-order valence-electron chi connectivity index (χ2n) is 18.5. The Bertz CT molecular complexity index is 2540. The molecule has 6 aromatic rings. The molecule has 1 heterocycles. The van der Waals surface area contributed by atoms with Gasteiger partial charge in [0.05, 0.1) is 17.3 Å². The van der Waals surface area contributed by atoms with Crippen LogP contribution in [0.5, 0.6) is 5.75 Å². The minimum Gasteiger partial charge on any atom is -0.487 e. The third kappa shape index (κ3) is 14.0. The minimum absolute atomic E-state index is 0.0216. The molecular weight excluding hydrogens is 831 g/mol. The van der Waals surface area contributed by atoms with Crippen molar-refractivity contribution in [3.63, 3.8) is 0 Å². The van der Waals surface area contributed by atoms with Crippen LogP contribution in [0.3, 0.4) is 0 Å². The van der Waals surface area contributed by atoms with Gasteiger partial charge in [-0.1, -0.05) is 118 Å². The molecule has 0 aliphatic rings. The quantitative estimate of drug-likeness (QED) is 0.0355. The smallest absolute Gasteiger partial charge is 0.412 e. The molecule has 2 amide bonds. The van der Waals surface area contributed by atoms with Gasteiger partial charge in [0.1, 0.15) is 18.0 Å². The third-order valence-corrected chi connectivity index (χ3v) is 16.4. The summed E-state index contributed by atoms with van der Waals surface area (Å²) in [5.41, 5.74) is 6.05. The molecule has 0 saturated heterocycles. The average molecular weight is 896 g/mol. The number of pyridine rings is 1. The van der Waals surface area contributed by atoms with Gasteiger partial charge in [-0.05, 0) is 110 Å². The predicted octanol–water partition coefficient (Wildman–Crippen LogP) is 10.8. The number of carbonyl (C=O) groups is 2. The number of para-hydroxylation sites is 1. The van der Waals surface area contributed by atoms with Gasteiger partial charge in [-0.3, -0.25) is 14.9 Å². The Hall–Kier alpha value is -6.05. The van der Waals surface area contributed by atoms with Crippen molar-refractivity contribution < 1.29 is 23.5 Å². The zero-order valence-corrected chi connectivity index (χ0v) is 39.9. The van der Waals surface area contributed by atoms with Crippen molar-refractivity contribution in [1.29, 1.82) is 0 Å². The molecule has 65 heavy (non-hydrogen) atoms. The zero-order valence-electron chi connectivity index (χ0n) is 38.9. The van der Waals surface area contributed by atoms with E-state index in [0.717, 1.165) is 39.6 Å². The summed E-state index contributed by atoms with van der Waals surface area (Å²) in [5, 5.41) is 13.8. The second-order valence-corrected chi connectivity index (χ2v) is 23.3. The number of anilines is 1. The normalized spacial score (nSPS) is 12.4. The van der Waals surface area contributed by atoms with Crippen LogP contribution in [-0.4, -0.2) is 57.1 Å². The number of ether oxygens (including phenoxy) is 2. The molecule has 0 bridgehead atoms. The molecule has 0 radical (unpaired) electrons. The van der Waals surface area contributed by atoms with Crippen LogP contribution in [0.15, 0.2) is 138 Å². The molecule has 6 rings (SSSR count). The maximum Gasteiger partial charge on any atom is 0.412 e. The van der Waals surface area contributed by atoms with Crippen molar-refractivity contribution in [2.75, 3.05) is 31.5 Å². The Balaban J connectivity index is 0.955.